The van der Waals surface area contributed by atoms with Crippen molar-refractivity contribution in [3.8, 4) is 23.0 Å². The number of phenols is 1. The minimum Gasteiger partial charge on any atom is -0.508 e. The Bertz CT molecular complexity index is 1730. The summed E-state index contributed by atoms with van der Waals surface area (Å²) >= 11 is 0. The standard InChI is InChI=1S/C26H24F2N4O3.C7H12FN/c1-3-16-19(27)5-4-13-6-14(33)7-17(20(13)16)22-21(28)23-18(10-29-22)24(31-25(30-23)35-2)32-11-26(12-32)8-15(34)9-26;8-6-4-7-2-1-3-9(7)5-6/h4-7,10,15,33-34H,3,8-9,11-12H2,1-2H3;6-7H,1-5H2/t;6-,7?/m.1/s1. The Morgan fingerprint density at radius 3 is 2.64 bits per heavy atom. The lowest BCUT2D eigenvalue weighted by Crippen LogP contribution is -2.64. The Balaban J connectivity index is 0.000000296. The van der Waals surface area contributed by atoms with Gasteiger partial charge in [-0.1, -0.05) is 13.0 Å². The van der Waals surface area contributed by atoms with E-state index in [9.17, 15) is 19.0 Å². The van der Waals surface area contributed by atoms with E-state index in [1.54, 1.807) is 6.07 Å². The van der Waals surface area contributed by atoms with Crippen LogP contribution in [0.1, 0.15) is 44.6 Å². The highest BCUT2D eigenvalue weighted by Gasteiger charge is 2.52. The van der Waals surface area contributed by atoms with Gasteiger partial charge in [0.05, 0.1) is 18.6 Å². The highest BCUT2D eigenvalue weighted by atomic mass is 19.1. The molecule has 5 heterocycles. The van der Waals surface area contributed by atoms with Crippen molar-refractivity contribution in [3.05, 3.63) is 47.7 Å². The summed E-state index contributed by atoms with van der Waals surface area (Å²) in [4.78, 5) is 17.5. The van der Waals surface area contributed by atoms with Crippen LogP contribution in [0.25, 0.3) is 32.9 Å². The molecule has 8 nitrogen and oxygen atoms in total. The number of rotatable bonds is 4. The first-order valence-corrected chi connectivity index (χ1v) is 15.3. The van der Waals surface area contributed by atoms with Crippen LogP contribution in [0.2, 0.25) is 0 Å². The molecule has 3 aliphatic heterocycles. The number of aliphatic hydroxyl groups is 1. The van der Waals surface area contributed by atoms with Crippen LogP contribution in [-0.4, -0.2) is 81.7 Å². The zero-order valence-electron chi connectivity index (χ0n) is 24.9. The van der Waals surface area contributed by atoms with E-state index in [1.165, 1.54) is 44.3 Å². The number of nitrogens with zero attached hydrogens (tertiary/aromatic N) is 5. The third-order valence-electron chi connectivity index (χ3n) is 9.74. The lowest BCUT2D eigenvalue weighted by atomic mass is 9.62. The van der Waals surface area contributed by atoms with Crippen LogP contribution in [-0.2, 0) is 6.42 Å². The van der Waals surface area contributed by atoms with Gasteiger partial charge in [-0.2, -0.15) is 9.97 Å². The third kappa shape index (κ3) is 4.90. The summed E-state index contributed by atoms with van der Waals surface area (Å²) in [5, 5.41) is 21.6. The molecule has 1 unspecified atom stereocenters. The molecule has 232 valence electrons. The molecular formula is C33H36F3N5O3. The summed E-state index contributed by atoms with van der Waals surface area (Å²) < 4.78 is 48.6. The van der Waals surface area contributed by atoms with Crippen LogP contribution in [0.15, 0.2) is 30.5 Å². The van der Waals surface area contributed by atoms with Crippen LogP contribution >= 0.6 is 0 Å². The van der Waals surface area contributed by atoms with Crippen molar-refractivity contribution in [1.82, 2.24) is 19.9 Å². The highest BCUT2D eigenvalue weighted by molar-refractivity contribution is 6.01. The monoisotopic (exact) mass is 607 g/mol. The molecule has 2 aromatic carbocycles. The van der Waals surface area contributed by atoms with E-state index in [0.29, 0.717) is 65.2 Å². The number of methoxy groups -OCH3 is 1. The number of ether oxygens (including phenoxy) is 1. The molecule has 4 fully saturated rings. The van der Waals surface area contributed by atoms with E-state index in [4.69, 9.17) is 4.74 Å². The predicted molar refractivity (Wildman–Crippen MR) is 162 cm³/mol. The smallest absolute Gasteiger partial charge is 0.318 e. The second-order valence-corrected chi connectivity index (χ2v) is 12.7. The predicted octanol–water partition coefficient (Wildman–Crippen LogP) is 5.55. The Labute approximate surface area is 253 Å². The summed E-state index contributed by atoms with van der Waals surface area (Å²) in [6.45, 7) is 5.10. The van der Waals surface area contributed by atoms with Gasteiger partial charge in [0, 0.05) is 42.9 Å². The fourth-order valence-corrected chi connectivity index (χ4v) is 7.71. The summed E-state index contributed by atoms with van der Waals surface area (Å²) in [7, 11) is 1.42. The van der Waals surface area contributed by atoms with Gasteiger partial charge in [-0.15, -0.1) is 0 Å². The first kappa shape index (κ1) is 29.0. The lowest BCUT2D eigenvalue weighted by Gasteiger charge is -2.58. The lowest BCUT2D eigenvalue weighted by molar-refractivity contribution is -0.0493. The molecule has 11 heteroatoms. The summed E-state index contributed by atoms with van der Waals surface area (Å²) in [5.74, 6) is -0.640. The molecule has 3 saturated heterocycles. The van der Waals surface area contributed by atoms with E-state index in [-0.39, 0.29) is 34.5 Å². The van der Waals surface area contributed by atoms with Crippen molar-refractivity contribution in [3.63, 3.8) is 0 Å². The van der Waals surface area contributed by atoms with Crippen molar-refractivity contribution in [2.24, 2.45) is 5.41 Å². The Morgan fingerprint density at radius 1 is 1.14 bits per heavy atom. The number of aromatic nitrogens is 3. The van der Waals surface area contributed by atoms with Gasteiger partial charge >= 0.3 is 6.01 Å². The SMILES string of the molecule is CCc1c(F)ccc2cc(O)cc(-c3ncc4c(N5CC6(CC(O)C6)C5)nc(OC)nc4c3F)c12.F[C@@H]1CC2CCCN2C1. The maximum absolute atomic E-state index is 16.1. The maximum atomic E-state index is 16.1. The number of fused-ring (bicyclic) bond motifs is 3. The normalized spacial score (nSPS) is 22.5. The number of alkyl halides is 1. The van der Waals surface area contributed by atoms with E-state index < -0.39 is 17.8 Å². The molecule has 2 N–H and O–H groups in total. The molecule has 1 spiro atoms. The number of aromatic hydroxyl groups is 1. The van der Waals surface area contributed by atoms with Crippen LogP contribution in [0, 0.1) is 17.0 Å². The van der Waals surface area contributed by atoms with Crippen molar-refractivity contribution < 1.29 is 28.1 Å². The number of hydrogen-bond acceptors (Lipinski definition) is 8. The van der Waals surface area contributed by atoms with Crippen molar-refractivity contribution in [1.29, 1.82) is 0 Å². The van der Waals surface area contributed by atoms with Crippen LogP contribution < -0.4 is 9.64 Å². The third-order valence-corrected chi connectivity index (χ3v) is 9.74. The van der Waals surface area contributed by atoms with E-state index in [1.807, 2.05) is 11.8 Å². The first-order valence-electron chi connectivity index (χ1n) is 15.3. The van der Waals surface area contributed by atoms with Crippen LogP contribution in [0.5, 0.6) is 11.8 Å². The number of anilines is 1. The molecule has 8 rings (SSSR count). The number of benzene rings is 2. The fourth-order valence-electron chi connectivity index (χ4n) is 7.71. The first-order chi connectivity index (χ1) is 21.2. The second-order valence-electron chi connectivity index (χ2n) is 12.7. The number of hydrogen-bond donors (Lipinski definition) is 2. The Morgan fingerprint density at radius 2 is 1.93 bits per heavy atom. The van der Waals surface area contributed by atoms with Crippen molar-refractivity contribution in [2.75, 3.05) is 38.2 Å². The van der Waals surface area contributed by atoms with Crippen molar-refractivity contribution >= 4 is 27.5 Å². The quantitative estimate of drug-likeness (QED) is 0.312. The number of aliphatic hydroxyl groups excluding tert-OH is 1. The fraction of sp³-hybridized carbons (Fsp3) is 0.485. The maximum Gasteiger partial charge on any atom is 0.318 e. The van der Waals surface area contributed by atoms with Gasteiger partial charge in [-0.05, 0) is 79.6 Å². The topological polar surface area (TPSA) is 94.8 Å². The Kier molecular flexibility index (Phi) is 7.28. The largest absolute Gasteiger partial charge is 0.508 e. The average Bonchev–Trinajstić information content (AvgIpc) is 3.55. The molecule has 2 atom stereocenters. The molecule has 0 amide bonds. The second kappa shape index (κ2) is 11.0. The minimum absolute atomic E-state index is 0.0270. The molecule has 0 radical (unpaired) electrons. The number of pyridine rings is 1. The molecule has 4 aromatic rings. The van der Waals surface area contributed by atoms with Gasteiger partial charge in [0.25, 0.3) is 0 Å². The van der Waals surface area contributed by atoms with Gasteiger partial charge in [-0.3, -0.25) is 9.88 Å². The molecular weight excluding hydrogens is 571 g/mol. The van der Waals surface area contributed by atoms with Gasteiger partial charge in [0.15, 0.2) is 5.82 Å². The van der Waals surface area contributed by atoms with E-state index in [0.717, 1.165) is 25.8 Å². The van der Waals surface area contributed by atoms with Gasteiger partial charge < -0.3 is 19.8 Å². The molecule has 4 aliphatic rings. The van der Waals surface area contributed by atoms with Gasteiger partial charge in [-0.25, -0.2) is 13.2 Å². The van der Waals surface area contributed by atoms with Gasteiger partial charge in [0.2, 0.25) is 0 Å². The number of phenolic OH excluding ortho intramolecular Hbond substituents is 1. The molecule has 1 saturated carbocycles. The molecule has 2 aromatic heterocycles. The zero-order chi connectivity index (χ0) is 30.7. The zero-order valence-corrected chi connectivity index (χ0v) is 24.9. The Hall–Kier alpha value is -3.70. The van der Waals surface area contributed by atoms with E-state index in [2.05, 4.69) is 19.9 Å². The van der Waals surface area contributed by atoms with Crippen molar-refractivity contribution in [2.45, 2.75) is 63.8 Å². The molecule has 0 bridgehead atoms. The number of halogens is 3. The minimum atomic E-state index is -0.697. The van der Waals surface area contributed by atoms with Crippen LogP contribution in [0.4, 0.5) is 19.0 Å². The summed E-state index contributed by atoms with van der Waals surface area (Å²) in [6, 6.07) is 6.47. The number of aryl methyl sites for hydroxylation is 1. The van der Waals surface area contributed by atoms with Gasteiger partial charge in [0.1, 0.15) is 34.8 Å². The molecule has 1 aliphatic carbocycles. The molecule has 44 heavy (non-hydrogen) atoms. The highest BCUT2D eigenvalue weighted by Crippen LogP contribution is 2.50. The van der Waals surface area contributed by atoms with E-state index >= 15 is 4.39 Å². The van der Waals surface area contributed by atoms with Crippen LogP contribution in [0.3, 0.4) is 0 Å². The average molecular weight is 608 g/mol. The summed E-state index contributed by atoms with van der Waals surface area (Å²) in [6.07, 6.45) is 5.97. The summed E-state index contributed by atoms with van der Waals surface area (Å²) in [5.41, 5.74) is 0.802.